The Hall–Kier alpha value is -7.16. The van der Waals surface area contributed by atoms with E-state index in [2.05, 4.69) is 37.2 Å². The van der Waals surface area contributed by atoms with Gasteiger partial charge in [0, 0.05) is 25.4 Å². The van der Waals surface area contributed by atoms with Crippen molar-refractivity contribution in [2.75, 3.05) is 18.6 Å². The molecule has 0 spiro atoms. The lowest BCUT2D eigenvalue weighted by Gasteiger charge is -2.30. The van der Waals surface area contributed by atoms with Gasteiger partial charge >= 0.3 is 5.97 Å². The molecule has 1 saturated carbocycles. The van der Waals surface area contributed by atoms with E-state index in [1.54, 1.807) is 31.2 Å². The number of thioether (sulfide) groups is 1. The number of carbonyl (C=O) groups excluding carboxylic acids is 6. The molecule has 4 aromatic rings. The van der Waals surface area contributed by atoms with Crippen LogP contribution in [0.4, 0.5) is 0 Å². The maximum atomic E-state index is 14.7. The summed E-state index contributed by atoms with van der Waals surface area (Å²) in [5.41, 5.74) is 8.87. The predicted octanol–water partition coefficient (Wildman–Crippen LogP) is 4.14. The fourth-order valence-corrected chi connectivity index (χ4v) is 9.97. The number of carboxylic acids is 1. The van der Waals surface area contributed by atoms with Crippen LogP contribution in [-0.4, -0.2) is 129 Å². The molecule has 4 aromatic carbocycles. The Morgan fingerprint density at radius 2 is 1.04 bits per heavy atom. The van der Waals surface area contributed by atoms with Gasteiger partial charge in [-0.3, -0.25) is 28.8 Å². The largest absolute Gasteiger partial charge is 0.508 e. The number of nitrogens with one attached hydrogen (secondary N) is 7. The van der Waals surface area contributed by atoms with Crippen molar-refractivity contribution in [3.63, 3.8) is 0 Å². The Bertz CT molecular complexity index is 2590. The summed E-state index contributed by atoms with van der Waals surface area (Å²) in [6, 6.07) is 19.0. The molecule has 1 fully saturated rings. The highest BCUT2D eigenvalue weighted by Crippen LogP contribution is 2.27. The molecule has 0 heterocycles. The lowest BCUT2D eigenvalue weighted by atomic mass is 9.85. The molecule has 79 heavy (non-hydrogen) atoms. The van der Waals surface area contributed by atoms with Crippen molar-refractivity contribution in [1.82, 2.24) is 37.2 Å². The zero-order chi connectivity index (χ0) is 57.4. The first-order chi connectivity index (χ1) is 37.8. The summed E-state index contributed by atoms with van der Waals surface area (Å²) >= 11 is 1.43. The maximum absolute atomic E-state index is 14.7. The van der Waals surface area contributed by atoms with E-state index in [-0.39, 0.29) is 55.4 Å². The summed E-state index contributed by atoms with van der Waals surface area (Å²) in [7, 11) is 0. The van der Waals surface area contributed by atoms with Crippen molar-refractivity contribution < 1.29 is 54.0 Å². The van der Waals surface area contributed by atoms with E-state index in [1.807, 2.05) is 50.4 Å². The third-order valence-electron chi connectivity index (χ3n) is 14.4. The molecule has 6 amide bonds. The lowest BCUT2D eigenvalue weighted by Crippen LogP contribution is -2.60. The van der Waals surface area contributed by atoms with E-state index in [1.165, 1.54) is 66.7 Å². The number of phenolic OH excluding ortho intramolecular Hbond substituents is 3. The van der Waals surface area contributed by atoms with E-state index in [4.69, 9.17) is 5.73 Å². The number of nitrogens with two attached hydrogens (primary N) is 1. The summed E-state index contributed by atoms with van der Waals surface area (Å²) in [5.74, 6) is -4.54. The molecule has 0 saturated heterocycles. The van der Waals surface area contributed by atoms with Crippen LogP contribution in [0.3, 0.4) is 0 Å². The normalized spacial score (nSPS) is 16.0. The monoisotopic (exact) mass is 1110 g/mol. The van der Waals surface area contributed by atoms with Gasteiger partial charge in [-0.1, -0.05) is 119 Å². The van der Waals surface area contributed by atoms with Crippen molar-refractivity contribution in [2.45, 2.75) is 146 Å². The number of aromatic hydroxyl groups is 3. The first-order valence-electron chi connectivity index (χ1n) is 27.2. The van der Waals surface area contributed by atoms with E-state index >= 15 is 0 Å². The van der Waals surface area contributed by atoms with Crippen LogP contribution in [-0.2, 0) is 59.2 Å². The van der Waals surface area contributed by atoms with Crippen molar-refractivity contribution >= 4 is 53.2 Å². The molecule has 428 valence electrons. The fraction of sp³-hybridized carbons (Fsp3) is 0.475. The number of carboxylic acid groups (broad SMARTS) is 1. The second-order valence-corrected chi connectivity index (χ2v) is 21.7. The molecule has 9 atom stereocenters. The van der Waals surface area contributed by atoms with Gasteiger partial charge in [0.1, 0.15) is 47.5 Å². The van der Waals surface area contributed by atoms with Crippen LogP contribution in [0, 0.1) is 11.8 Å². The van der Waals surface area contributed by atoms with Crippen LogP contribution in [0.15, 0.2) is 103 Å². The lowest BCUT2D eigenvalue weighted by molar-refractivity contribution is -0.142. The van der Waals surface area contributed by atoms with Gasteiger partial charge in [-0.2, -0.15) is 11.8 Å². The minimum atomic E-state index is -1.42. The Morgan fingerprint density at radius 3 is 1.57 bits per heavy atom. The number of hydrogen-bond acceptors (Lipinski definition) is 13. The predicted molar refractivity (Wildman–Crippen MR) is 304 cm³/mol. The van der Waals surface area contributed by atoms with Gasteiger partial charge in [0.2, 0.25) is 35.4 Å². The highest BCUT2D eigenvalue weighted by Gasteiger charge is 2.34. The molecule has 0 bridgehead atoms. The average Bonchev–Trinajstić information content (AvgIpc) is 3.43. The summed E-state index contributed by atoms with van der Waals surface area (Å²) in [6.07, 6.45) is 8.58. The van der Waals surface area contributed by atoms with Gasteiger partial charge in [0.15, 0.2) is 0 Å². The molecule has 0 aromatic heterocycles. The zero-order valence-electron chi connectivity index (χ0n) is 45.6. The van der Waals surface area contributed by atoms with Gasteiger partial charge < -0.3 is 63.4 Å². The number of rotatable bonds is 31. The molecule has 1 aliphatic carbocycles. The summed E-state index contributed by atoms with van der Waals surface area (Å²) in [6.45, 7) is 5.31. The number of carbonyl (C=O) groups is 7. The Balaban J connectivity index is 1.36. The molecule has 0 radical (unpaired) electrons. The number of phenols is 3. The quantitative estimate of drug-likeness (QED) is 0.0337. The zero-order valence-corrected chi connectivity index (χ0v) is 46.4. The smallest absolute Gasteiger partial charge is 0.326 e. The van der Waals surface area contributed by atoms with Gasteiger partial charge in [0.05, 0.1) is 12.1 Å². The van der Waals surface area contributed by atoms with E-state index in [9.17, 15) is 54.0 Å². The van der Waals surface area contributed by atoms with Gasteiger partial charge in [0.25, 0.3) is 0 Å². The minimum Gasteiger partial charge on any atom is -0.508 e. The standard InChI is InChI=1S/C59H80N8O11S/c1-5-36(2)52(67-53(71)37(3)62-54(72)47(60)31-39-14-10-7-11-15-39)58(76)63-43(30-38-12-8-6-9-13-38)35-61-49(32-40-16-22-44(68)23-17-40)56(74)64-48(28-29-79-4)55(73)65-50(33-41-18-24-45(69)25-19-41)57(75)66-51(59(77)78)34-42-20-26-46(70)27-21-42/h6,8-9,12-13,16-27,36-37,39,43,47-52,61,68-70H,5,7,10-11,14-15,28-35,60H2,1-4H3,(H,62,72)(H,63,76)(H,64,74)(H,65,73)(H,66,75)(H,67,71)(H,77,78)/t36-,37-,43-,47-,48-,49-,50-,51-,52-/m0/s1. The summed E-state index contributed by atoms with van der Waals surface area (Å²) in [5, 5.41) is 60.3. The minimum absolute atomic E-state index is 0.0102. The van der Waals surface area contributed by atoms with Gasteiger partial charge in [-0.25, -0.2) is 4.79 Å². The Labute approximate surface area is 467 Å². The summed E-state index contributed by atoms with van der Waals surface area (Å²) < 4.78 is 0. The van der Waals surface area contributed by atoms with Crippen LogP contribution in [0.5, 0.6) is 17.2 Å². The van der Waals surface area contributed by atoms with E-state index in [0.717, 1.165) is 31.2 Å². The van der Waals surface area contributed by atoms with Crippen molar-refractivity contribution in [3.05, 3.63) is 125 Å². The van der Waals surface area contributed by atoms with Gasteiger partial charge in [-0.05, 0) is 115 Å². The molecule has 1 aliphatic rings. The van der Waals surface area contributed by atoms with Crippen LogP contribution in [0.25, 0.3) is 0 Å². The molecule has 20 heteroatoms. The number of benzene rings is 4. The second-order valence-electron chi connectivity index (χ2n) is 20.7. The Morgan fingerprint density at radius 1 is 0.557 bits per heavy atom. The second kappa shape index (κ2) is 32.0. The topological polar surface area (TPSA) is 311 Å². The van der Waals surface area contributed by atoms with Crippen molar-refractivity contribution in [3.8, 4) is 17.2 Å². The molecular weight excluding hydrogens is 1030 g/mol. The van der Waals surface area contributed by atoms with Crippen molar-refractivity contribution in [2.24, 2.45) is 17.6 Å². The average molecular weight is 1110 g/mol. The molecule has 0 unspecified atom stereocenters. The van der Waals surface area contributed by atoms with Crippen molar-refractivity contribution in [1.29, 1.82) is 0 Å². The molecule has 0 aliphatic heterocycles. The van der Waals surface area contributed by atoms with E-state index < -0.39 is 89.7 Å². The third-order valence-corrected chi connectivity index (χ3v) is 15.1. The van der Waals surface area contributed by atoms with Crippen LogP contribution < -0.4 is 43.0 Å². The molecule has 13 N–H and O–H groups in total. The summed E-state index contributed by atoms with van der Waals surface area (Å²) in [4.78, 5) is 97.0. The molecular formula is C59H80N8O11S. The number of hydrogen-bond donors (Lipinski definition) is 12. The number of amides is 6. The highest BCUT2D eigenvalue weighted by atomic mass is 32.2. The van der Waals surface area contributed by atoms with Crippen LogP contribution in [0.1, 0.15) is 94.4 Å². The first kappa shape index (κ1) is 62.7. The fourth-order valence-electron chi connectivity index (χ4n) is 9.50. The molecule has 19 nitrogen and oxygen atoms in total. The van der Waals surface area contributed by atoms with Crippen LogP contribution >= 0.6 is 11.8 Å². The van der Waals surface area contributed by atoms with Crippen LogP contribution in [0.2, 0.25) is 0 Å². The Kier molecular flexibility index (Phi) is 25.4. The number of aliphatic carboxylic acids is 1. The van der Waals surface area contributed by atoms with E-state index in [0.29, 0.717) is 47.6 Å². The maximum Gasteiger partial charge on any atom is 0.326 e. The highest BCUT2D eigenvalue weighted by molar-refractivity contribution is 7.98. The molecule has 5 rings (SSSR count). The SMILES string of the molecule is CC[C@H](C)[C@H](NC(=O)[C@H](C)NC(=O)[C@@H](N)CC1CCCCC1)C(=O)N[C@H](CN[C@@H](Cc1ccc(O)cc1)C(=O)N[C@@H](CCSC)C(=O)N[C@@H](Cc1ccc(O)cc1)C(=O)N[C@@H](Cc1ccc(O)cc1)C(=O)O)Cc1ccccc1. The van der Waals surface area contributed by atoms with Gasteiger partial charge in [-0.15, -0.1) is 0 Å². The third kappa shape index (κ3) is 21.2. The first-order valence-corrected chi connectivity index (χ1v) is 28.6.